The molecule has 4 rings (SSSR count). The highest BCUT2D eigenvalue weighted by molar-refractivity contribution is 6.32. The van der Waals surface area contributed by atoms with Crippen LogP contribution in [0.2, 0.25) is 5.02 Å². The predicted molar refractivity (Wildman–Crippen MR) is 117 cm³/mol. The Bertz CT molecular complexity index is 1150. The molecule has 1 saturated heterocycles. The average Bonchev–Trinajstić information content (AvgIpc) is 2.80. The molecule has 1 amide bonds. The Morgan fingerprint density at radius 3 is 2.94 bits per heavy atom. The van der Waals surface area contributed by atoms with E-state index in [1.54, 1.807) is 24.4 Å². The second-order valence-electron chi connectivity index (χ2n) is 7.22. The number of anilines is 2. The van der Waals surface area contributed by atoms with Gasteiger partial charge in [0.2, 0.25) is 11.8 Å². The lowest BCUT2D eigenvalue weighted by molar-refractivity contribution is 0.132. The van der Waals surface area contributed by atoms with Crippen molar-refractivity contribution in [3.05, 3.63) is 53.6 Å². The topological polar surface area (TPSA) is 126 Å². The number of nitrogens with one attached hydrogen (secondary N) is 1. The fraction of sp³-hybridized carbons (Fsp3) is 0.238. The zero-order valence-electron chi connectivity index (χ0n) is 16.8. The van der Waals surface area contributed by atoms with Gasteiger partial charge < -0.3 is 25.8 Å². The maximum atomic E-state index is 14.5. The number of hydrogen-bond acceptors (Lipinski definition) is 7. The number of nitrogen functional groups attached to an aromatic ring is 1. The maximum absolute atomic E-state index is 14.5. The van der Waals surface area contributed by atoms with Crippen molar-refractivity contribution in [2.45, 2.75) is 18.9 Å². The highest BCUT2D eigenvalue weighted by Gasteiger charge is 2.24. The molecule has 1 atom stereocenters. The van der Waals surface area contributed by atoms with E-state index in [2.05, 4.69) is 20.3 Å². The molecule has 4 N–H and O–H groups in total. The fourth-order valence-electron chi connectivity index (χ4n) is 3.43. The number of pyridine rings is 1. The van der Waals surface area contributed by atoms with Gasteiger partial charge in [0.05, 0.1) is 22.0 Å². The third-order valence-electron chi connectivity index (χ3n) is 5.01. The van der Waals surface area contributed by atoms with Crippen molar-refractivity contribution in [3.8, 4) is 22.9 Å². The van der Waals surface area contributed by atoms with Crippen LogP contribution < -0.4 is 15.8 Å². The molecule has 32 heavy (non-hydrogen) atoms. The second-order valence-corrected chi connectivity index (χ2v) is 7.62. The van der Waals surface area contributed by atoms with Gasteiger partial charge in [-0.2, -0.15) is 0 Å². The van der Waals surface area contributed by atoms with Crippen LogP contribution in [-0.2, 0) is 0 Å². The predicted octanol–water partition coefficient (Wildman–Crippen LogP) is 4.26. The summed E-state index contributed by atoms with van der Waals surface area (Å²) in [5.41, 5.74) is 6.50. The summed E-state index contributed by atoms with van der Waals surface area (Å²) in [6.07, 6.45) is 3.66. The Morgan fingerprint density at radius 2 is 2.12 bits per heavy atom. The number of benzene rings is 1. The van der Waals surface area contributed by atoms with Crippen LogP contribution in [-0.4, -0.2) is 50.2 Å². The molecule has 0 radical (unpaired) electrons. The van der Waals surface area contributed by atoms with Gasteiger partial charge in [-0.1, -0.05) is 11.6 Å². The van der Waals surface area contributed by atoms with Crippen LogP contribution in [0.4, 0.5) is 20.8 Å². The number of carbonyl (C=O) groups is 1. The van der Waals surface area contributed by atoms with Crippen molar-refractivity contribution in [3.63, 3.8) is 0 Å². The summed E-state index contributed by atoms with van der Waals surface area (Å²) in [7, 11) is 0. The number of aromatic nitrogens is 3. The van der Waals surface area contributed by atoms with E-state index < -0.39 is 11.9 Å². The average molecular weight is 459 g/mol. The molecule has 0 spiro atoms. The zero-order valence-corrected chi connectivity index (χ0v) is 17.6. The van der Waals surface area contributed by atoms with Crippen LogP contribution in [0.1, 0.15) is 12.8 Å². The summed E-state index contributed by atoms with van der Waals surface area (Å²) < 4.78 is 20.1. The molecule has 0 aliphatic carbocycles. The van der Waals surface area contributed by atoms with E-state index in [4.69, 9.17) is 22.1 Å². The monoisotopic (exact) mass is 458 g/mol. The minimum Gasteiger partial charge on any atom is -0.465 e. The van der Waals surface area contributed by atoms with E-state index in [1.165, 1.54) is 23.2 Å². The van der Waals surface area contributed by atoms with Crippen molar-refractivity contribution >= 4 is 29.3 Å². The molecule has 1 aliphatic heterocycles. The lowest BCUT2D eigenvalue weighted by Gasteiger charge is -2.31. The first-order valence-corrected chi connectivity index (χ1v) is 10.2. The molecular formula is C21H20ClFN6O3. The van der Waals surface area contributed by atoms with E-state index in [0.717, 1.165) is 12.8 Å². The van der Waals surface area contributed by atoms with Crippen molar-refractivity contribution in [1.29, 1.82) is 0 Å². The summed E-state index contributed by atoms with van der Waals surface area (Å²) in [6, 6.07) is 7.76. The Hall–Kier alpha value is -3.66. The van der Waals surface area contributed by atoms with Crippen molar-refractivity contribution in [2.24, 2.45) is 0 Å². The van der Waals surface area contributed by atoms with Crippen LogP contribution >= 0.6 is 11.6 Å². The van der Waals surface area contributed by atoms with E-state index in [9.17, 15) is 14.3 Å². The SMILES string of the molecule is Nc1ccc(Cl)c(Oc2ncccc2-c2ccnc(NC3CCCN(C(=O)O)C3)n2)c1F. The van der Waals surface area contributed by atoms with Gasteiger partial charge in [-0.25, -0.2) is 24.1 Å². The first-order valence-electron chi connectivity index (χ1n) is 9.86. The third-order valence-corrected chi connectivity index (χ3v) is 5.30. The molecule has 0 bridgehead atoms. The molecule has 11 heteroatoms. The molecule has 1 aromatic carbocycles. The minimum absolute atomic E-state index is 0.0543. The van der Waals surface area contributed by atoms with Crippen molar-refractivity contribution in [2.75, 3.05) is 24.1 Å². The molecule has 9 nitrogen and oxygen atoms in total. The van der Waals surface area contributed by atoms with Crippen molar-refractivity contribution < 1.29 is 19.0 Å². The molecule has 1 unspecified atom stereocenters. The quantitative estimate of drug-likeness (QED) is 0.484. The number of rotatable bonds is 5. The summed E-state index contributed by atoms with van der Waals surface area (Å²) in [6.45, 7) is 0.852. The van der Waals surface area contributed by atoms with Gasteiger partial charge in [-0.3, -0.25) is 0 Å². The summed E-state index contributed by atoms with van der Waals surface area (Å²) in [5.74, 6) is -0.574. The molecule has 3 aromatic rings. The minimum atomic E-state index is -0.948. The standard InChI is InChI=1S/C21H20ClFN6O3/c22-14-5-6-15(24)17(23)18(14)32-19-13(4-1-8-25-19)16-7-9-26-20(28-16)27-12-3-2-10-29(11-12)21(30)31/h1,4-9,12H,2-3,10-11,24H2,(H,30,31)(H,26,27,28). The normalized spacial score (nSPS) is 15.9. The molecule has 1 fully saturated rings. The van der Waals surface area contributed by atoms with Gasteiger partial charge in [0, 0.05) is 31.5 Å². The summed E-state index contributed by atoms with van der Waals surface area (Å²) in [4.78, 5) is 25.6. The Balaban J connectivity index is 1.59. The number of amides is 1. The van der Waals surface area contributed by atoms with Crippen LogP contribution in [0, 0.1) is 5.82 Å². The smallest absolute Gasteiger partial charge is 0.407 e. The number of carboxylic acid groups (broad SMARTS) is 1. The third kappa shape index (κ3) is 4.65. The first-order chi connectivity index (χ1) is 15.4. The Kier molecular flexibility index (Phi) is 6.22. The maximum Gasteiger partial charge on any atom is 0.407 e. The number of nitrogens with zero attached hydrogens (tertiary/aromatic N) is 4. The largest absolute Gasteiger partial charge is 0.465 e. The molecule has 2 aromatic heterocycles. The Labute approximate surface area is 188 Å². The molecular weight excluding hydrogens is 439 g/mol. The van der Waals surface area contributed by atoms with Gasteiger partial charge in [0.25, 0.3) is 0 Å². The van der Waals surface area contributed by atoms with Crippen LogP contribution in [0.5, 0.6) is 11.6 Å². The number of halogens is 2. The van der Waals surface area contributed by atoms with Crippen LogP contribution in [0.25, 0.3) is 11.3 Å². The van der Waals surface area contributed by atoms with E-state index in [1.807, 2.05) is 0 Å². The summed E-state index contributed by atoms with van der Waals surface area (Å²) in [5, 5.41) is 12.5. The van der Waals surface area contributed by atoms with E-state index in [-0.39, 0.29) is 28.4 Å². The fourth-order valence-corrected chi connectivity index (χ4v) is 3.62. The Morgan fingerprint density at radius 1 is 1.28 bits per heavy atom. The summed E-state index contributed by atoms with van der Waals surface area (Å²) >= 11 is 6.09. The van der Waals surface area contributed by atoms with Crippen LogP contribution in [0.15, 0.2) is 42.7 Å². The number of likely N-dealkylation sites (tertiary alicyclic amines) is 1. The van der Waals surface area contributed by atoms with Gasteiger partial charge in [0.15, 0.2) is 11.6 Å². The first kappa shape index (κ1) is 21.6. The second kappa shape index (κ2) is 9.23. The van der Waals surface area contributed by atoms with E-state index in [0.29, 0.717) is 30.3 Å². The molecule has 3 heterocycles. The van der Waals surface area contributed by atoms with Crippen LogP contribution in [0.3, 0.4) is 0 Å². The molecule has 1 aliphatic rings. The number of nitrogens with two attached hydrogens (primary N) is 1. The van der Waals surface area contributed by atoms with Gasteiger partial charge in [0.1, 0.15) is 0 Å². The van der Waals surface area contributed by atoms with Gasteiger partial charge in [-0.05, 0) is 43.2 Å². The lowest BCUT2D eigenvalue weighted by Crippen LogP contribution is -2.44. The van der Waals surface area contributed by atoms with Crippen molar-refractivity contribution in [1.82, 2.24) is 19.9 Å². The number of ether oxygens (including phenoxy) is 1. The molecule has 166 valence electrons. The number of hydrogen-bond donors (Lipinski definition) is 3. The zero-order chi connectivity index (χ0) is 22.7. The van der Waals surface area contributed by atoms with Gasteiger partial charge in [-0.15, -0.1) is 0 Å². The van der Waals surface area contributed by atoms with E-state index >= 15 is 0 Å². The highest BCUT2D eigenvalue weighted by atomic mass is 35.5. The van der Waals surface area contributed by atoms with Gasteiger partial charge >= 0.3 is 6.09 Å². The lowest BCUT2D eigenvalue weighted by atomic mass is 10.1. The highest BCUT2D eigenvalue weighted by Crippen LogP contribution is 2.37. The number of piperidine rings is 1. The molecule has 0 saturated carbocycles.